The van der Waals surface area contributed by atoms with Crippen molar-refractivity contribution in [2.45, 2.75) is 0 Å². The van der Waals surface area contributed by atoms with Crippen LogP contribution in [0.3, 0.4) is 0 Å². The van der Waals surface area contributed by atoms with Gasteiger partial charge >= 0.3 is 5.97 Å². The highest BCUT2D eigenvalue weighted by Gasteiger charge is 1.98. The molecular formula is C7H14O5. The quantitative estimate of drug-likeness (QED) is 0.307. The molecule has 0 aliphatic rings. The fraction of sp³-hybridized carbons (Fsp3) is 0.857. The number of esters is 1. The van der Waals surface area contributed by atoms with E-state index in [2.05, 4.69) is 4.74 Å². The van der Waals surface area contributed by atoms with Crippen LogP contribution in [0, 0.1) is 0 Å². The van der Waals surface area contributed by atoms with Crippen LogP contribution in [-0.2, 0) is 23.7 Å². The van der Waals surface area contributed by atoms with E-state index in [1.165, 1.54) is 7.11 Å². The minimum absolute atomic E-state index is 0.0799. The van der Waals surface area contributed by atoms with Crippen molar-refractivity contribution < 1.29 is 23.7 Å². The highest BCUT2D eigenvalue weighted by Crippen LogP contribution is 1.81. The molecule has 0 aromatic carbocycles. The molecule has 0 radical (unpaired) electrons. The number of carbonyl (C=O) groups is 1. The van der Waals surface area contributed by atoms with Crippen molar-refractivity contribution in [3.8, 4) is 0 Å². The maximum absolute atomic E-state index is 10.5. The average molecular weight is 178 g/mol. The van der Waals surface area contributed by atoms with Crippen LogP contribution < -0.4 is 0 Å². The molecule has 0 atom stereocenters. The van der Waals surface area contributed by atoms with Crippen LogP contribution in [0.5, 0.6) is 0 Å². The summed E-state index contributed by atoms with van der Waals surface area (Å²) in [4.78, 5) is 10.5. The molecule has 72 valence electrons. The summed E-state index contributed by atoms with van der Waals surface area (Å²) >= 11 is 0. The molecule has 0 aromatic heterocycles. The second-order valence-corrected chi connectivity index (χ2v) is 1.94. The molecule has 0 aromatic rings. The lowest BCUT2D eigenvalue weighted by Crippen LogP contribution is -2.13. The minimum Gasteiger partial charge on any atom is -0.467 e. The lowest BCUT2D eigenvalue weighted by molar-refractivity contribution is -0.152. The Kier molecular flexibility index (Phi) is 7.99. The first kappa shape index (κ1) is 11.4. The smallest absolute Gasteiger partial charge is 0.331 e. The standard InChI is InChI=1S/C7H14O5/c1-9-3-4-11-6-12-5-7(8)10-2/h3-6H2,1-2H3. The Morgan fingerprint density at radius 1 is 1.17 bits per heavy atom. The first-order valence-electron chi connectivity index (χ1n) is 3.52. The van der Waals surface area contributed by atoms with Crippen LogP contribution in [0.25, 0.3) is 0 Å². The largest absolute Gasteiger partial charge is 0.467 e. The molecule has 0 rings (SSSR count). The molecule has 0 saturated heterocycles. The van der Waals surface area contributed by atoms with Crippen LogP contribution in [-0.4, -0.2) is 46.8 Å². The van der Waals surface area contributed by atoms with Gasteiger partial charge in [-0.05, 0) is 0 Å². The molecule has 0 aliphatic heterocycles. The van der Waals surface area contributed by atoms with E-state index < -0.39 is 5.97 Å². The number of ether oxygens (including phenoxy) is 4. The number of rotatable bonds is 7. The topological polar surface area (TPSA) is 54.0 Å². The summed E-state index contributed by atoms with van der Waals surface area (Å²) in [7, 11) is 2.89. The Bertz CT molecular complexity index is 114. The van der Waals surface area contributed by atoms with Crippen molar-refractivity contribution in [3.63, 3.8) is 0 Å². The average Bonchev–Trinajstić information content (AvgIpc) is 2.10. The summed E-state index contributed by atoms with van der Waals surface area (Å²) in [6.45, 7) is 0.973. The molecule has 0 aliphatic carbocycles. The van der Waals surface area contributed by atoms with Crippen molar-refractivity contribution in [2.24, 2.45) is 0 Å². The molecule has 12 heavy (non-hydrogen) atoms. The van der Waals surface area contributed by atoms with Gasteiger partial charge < -0.3 is 18.9 Å². The van der Waals surface area contributed by atoms with Gasteiger partial charge in [0.1, 0.15) is 13.4 Å². The molecule has 0 fully saturated rings. The SMILES string of the molecule is COCCOCOCC(=O)OC. The van der Waals surface area contributed by atoms with Crippen LogP contribution in [0.1, 0.15) is 0 Å². The van der Waals surface area contributed by atoms with Crippen molar-refractivity contribution in [2.75, 3.05) is 40.8 Å². The third-order valence-electron chi connectivity index (χ3n) is 1.05. The van der Waals surface area contributed by atoms with Crippen molar-refractivity contribution >= 4 is 5.97 Å². The van der Waals surface area contributed by atoms with Gasteiger partial charge in [-0.15, -0.1) is 0 Å². The maximum Gasteiger partial charge on any atom is 0.331 e. The second kappa shape index (κ2) is 8.45. The third kappa shape index (κ3) is 7.46. The van der Waals surface area contributed by atoms with Gasteiger partial charge in [-0.1, -0.05) is 0 Å². The summed E-state index contributed by atoms with van der Waals surface area (Å²) < 4.78 is 18.7. The van der Waals surface area contributed by atoms with Gasteiger partial charge in [0.15, 0.2) is 0 Å². The molecule has 0 N–H and O–H groups in total. The van der Waals surface area contributed by atoms with Gasteiger partial charge in [-0.3, -0.25) is 0 Å². The number of carbonyl (C=O) groups excluding carboxylic acids is 1. The van der Waals surface area contributed by atoms with E-state index in [9.17, 15) is 4.79 Å². The summed E-state index contributed by atoms with van der Waals surface area (Å²) in [5.74, 6) is -0.412. The Balaban J connectivity index is 2.95. The van der Waals surface area contributed by atoms with E-state index in [1.807, 2.05) is 0 Å². The van der Waals surface area contributed by atoms with Gasteiger partial charge in [0.2, 0.25) is 0 Å². The molecule has 0 bridgehead atoms. The van der Waals surface area contributed by atoms with Crippen LogP contribution in [0.15, 0.2) is 0 Å². The first-order valence-corrected chi connectivity index (χ1v) is 3.52. The number of hydrogen-bond acceptors (Lipinski definition) is 5. The van der Waals surface area contributed by atoms with E-state index >= 15 is 0 Å². The fourth-order valence-electron chi connectivity index (χ4n) is 0.444. The third-order valence-corrected chi connectivity index (χ3v) is 1.05. The molecule has 0 amide bonds. The van der Waals surface area contributed by atoms with Gasteiger partial charge in [-0.25, -0.2) is 4.79 Å². The van der Waals surface area contributed by atoms with E-state index in [4.69, 9.17) is 14.2 Å². The van der Waals surface area contributed by atoms with Crippen molar-refractivity contribution in [1.82, 2.24) is 0 Å². The Hall–Kier alpha value is -0.650. The molecule has 0 spiro atoms. The molecular weight excluding hydrogens is 164 g/mol. The number of methoxy groups -OCH3 is 2. The van der Waals surface area contributed by atoms with Gasteiger partial charge in [0.25, 0.3) is 0 Å². The normalized spacial score (nSPS) is 9.83. The molecule has 0 unspecified atom stereocenters. The van der Waals surface area contributed by atoms with E-state index in [-0.39, 0.29) is 13.4 Å². The summed E-state index contributed by atoms with van der Waals surface area (Å²) in [5, 5.41) is 0. The second-order valence-electron chi connectivity index (χ2n) is 1.94. The van der Waals surface area contributed by atoms with E-state index in [0.717, 1.165) is 0 Å². The zero-order valence-electron chi connectivity index (χ0n) is 7.37. The highest BCUT2D eigenvalue weighted by atomic mass is 16.7. The molecule has 5 nitrogen and oxygen atoms in total. The fourth-order valence-corrected chi connectivity index (χ4v) is 0.444. The number of hydrogen-bond donors (Lipinski definition) is 0. The summed E-state index contributed by atoms with van der Waals surface area (Å²) in [6.07, 6.45) is 0. The van der Waals surface area contributed by atoms with Crippen molar-refractivity contribution in [3.05, 3.63) is 0 Å². The highest BCUT2D eigenvalue weighted by molar-refractivity contribution is 5.70. The van der Waals surface area contributed by atoms with E-state index in [1.54, 1.807) is 7.11 Å². The zero-order valence-corrected chi connectivity index (χ0v) is 7.37. The molecule has 0 heterocycles. The first-order chi connectivity index (χ1) is 5.81. The molecule has 0 saturated carbocycles. The zero-order chi connectivity index (χ0) is 9.23. The van der Waals surface area contributed by atoms with Crippen LogP contribution >= 0.6 is 0 Å². The Morgan fingerprint density at radius 2 is 1.92 bits per heavy atom. The van der Waals surface area contributed by atoms with Crippen LogP contribution in [0.2, 0.25) is 0 Å². The lowest BCUT2D eigenvalue weighted by atomic mass is 10.7. The predicted octanol–water partition coefficient (Wildman–Crippen LogP) is -0.204. The van der Waals surface area contributed by atoms with Crippen LogP contribution in [0.4, 0.5) is 0 Å². The maximum atomic E-state index is 10.5. The monoisotopic (exact) mass is 178 g/mol. The summed E-state index contributed by atoms with van der Waals surface area (Å²) in [5.41, 5.74) is 0. The summed E-state index contributed by atoms with van der Waals surface area (Å²) in [6, 6.07) is 0. The Labute approximate surface area is 71.5 Å². The van der Waals surface area contributed by atoms with Gasteiger partial charge in [0.05, 0.1) is 20.3 Å². The Morgan fingerprint density at radius 3 is 2.50 bits per heavy atom. The van der Waals surface area contributed by atoms with E-state index in [0.29, 0.717) is 13.2 Å². The van der Waals surface area contributed by atoms with Gasteiger partial charge in [0, 0.05) is 7.11 Å². The predicted molar refractivity (Wildman–Crippen MR) is 40.7 cm³/mol. The lowest BCUT2D eigenvalue weighted by Gasteiger charge is -2.03. The van der Waals surface area contributed by atoms with Gasteiger partial charge in [-0.2, -0.15) is 0 Å². The molecule has 5 heteroatoms. The minimum atomic E-state index is -0.412. The van der Waals surface area contributed by atoms with Crippen molar-refractivity contribution in [1.29, 1.82) is 0 Å².